The Morgan fingerprint density at radius 2 is 2.09 bits per heavy atom. The van der Waals surface area contributed by atoms with E-state index in [0.717, 1.165) is 5.39 Å². The van der Waals surface area contributed by atoms with Crippen molar-refractivity contribution in [2.75, 3.05) is 38.6 Å². The molecule has 0 aliphatic rings. The molecule has 118 valence electrons. The number of urea groups is 1. The molecule has 0 fully saturated rings. The molecule has 0 spiro atoms. The van der Waals surface area contributed by atoms with E-state index in [1.165, 1.54) is 6.07 Å². The van der Waals surface area contributed by atoms with Crippen molar-refractivity contribution < 1.29 is 14.3 Å². The van der Waals surface area contributed by atoms with Crippen LogP contribution in [0.2, 0.25) is 0 Å². The molecule has 22 heavy (non-hydrogen) atoms. The molecule has 2 rings (SSSR count). The summed E-state index contributed by atoms with van der Waals surface area (Å²) in [4.78, 5) is 24.8. The molecule has 2 aromatic rings. The zero-order chi connectivity index (χ0) is 15.9. The van der Waals surface area contributed by atoms with Gasteiger partial charge in [0.05, 0.1) is 6.61 Å². The van der Waals surface area contributed by atoms with Crippen LogP contribution in [0.1, 0.15) is 0 Å². The largest absolute Gasteiger partial charge is 0.423 e. The molecule has 2 amide bonds. The lowest BCUT2D eigenvalue weighted by molar-refractivity contribution is 0.220. The van der Waals surface area contributed by atoms with Gasteiger partial charge in [0.2, 0.25) is 0 Å². The van der Waals surface area contributed by atoms with Crippen molar-refractivity contribution in [1.29, 1.82) is 0 Å². The molecule has 3 N–H and O–H groups in total. The SMILES string of the molecule is CN(CCO)CCNC(=O)Nc1ccc2oc(=O)ccc2c1. The number of likely N-dealkylation sites (N-methyl/N-ethyl adjacent to an activating group) is 1. The van der Waals surface area contributed by atoms with Crippen LogP contribution in [0.5, 0.6) is 0 Å². The molecular weight excluding hydrogens is 286 g/mol. The van der Waals surface area contributed by atoms with Gasteiger partial charge in [0, 0.05) is 36.8 Å². The average molecular weight is 305 g/mol. The summed E-state index contributed by atoms with van der Waals surface area (Å²) >= 11 is 0. The maximum Gasteiger partial charge on any atom is 0.336 e. The first-order valence-electron chi connectivity index (χ1n) is 6.96. The third-order valence-corrected chi connectivity index (χ3v) is 3.14. The lowest BCUT2D eigenvalue weighted by Gasteiger charge is -2.15. The molecule has 0 radical (unpaired) electrons. The molecule has 0 aliphatic carbocycles. The average Bonchev–Trinajstić information content (AvgIpc) is 2.47. The van der Waals surface area contributed by atoms with Gasteiger partial charge in [-0.2, -0.15) is 0 Å². The second kappa shape index (κ2) is 7.58. The number of amides is 2. The summed E-state index contributed by atoms with van der Waals surface area (Å²) in [6.45, 7) is 1.79. The van der Waals surface area contributed by atoms with E-state index in [9.17, 15) is 9.59 Å². The van der Waals surface area contributed by atoms with Gasteiger partial charge in [-0.1, -0.05) is 0 Å². The van der Waals surface area contributed by atoms with E-state index in [1.807, 2.05) is 11.9 Å². The van der Waals surface area contributed by atoms with E-state index in [0.29, 0.717) is 30.9 Å². The fraction of sp³-hybridized carbons (Fsp3) is 0.333. The summed E-state index contributed by atoms with van der Waals surface area (Å²) in [5.41, 5.74) is 0.685. The Hall–Kier alpha value is -2.38. The van der Waals surface area contributed by atoms with Crippen LogP contribution in [0.4, 0.5) is 10.5 Å². The van der Waals surface area contributed by atoms with Crippen molar-refractivity contribution >= 4 is 22.7 Å². The molecule has 7 nitrogen and oxygen atoms in total. The maximum atomic E-state index is 11.8. The highest BCUT2D eigenvalue weighted by Gasteiger charge is 2.04. The van der Waals surface area contributed by atoms with Gasteiger partial charge in [0.15, 0.2) is 0 Å². The van der Waals surface area contributed by atoms with Crippen molar-refractivity contribution in [3.05, 3.63) is 40.8 Å². The molecule has 0 saturated heterocycles. The van der Waals surface area contributed by atoms with Crippen LogP contribution in [0.15, 0.2) is 39.5 Å². The van der Waals surface area contributed by atoms with Crippen LogP contribution >= 0.6 is 0 Å². The minimum Gasteiger partial charge on any atom is -0.423 e. The predicted octanol–water partition coefficient (Wildman–Crippen LogP) is 0.839. The summed E-state index contributed by atoms with van der Waals surface area (Å²) in [6.07, 6.45) is 0. The van der Waals surface area contributed by atoms with Crippen LogP contribution < -0.4 is 16.3 Å². The number of fused-ring (bicyclic) bond motifs is 1. The van der Waals surface area contributed by atoms with Crippen LogP contribution in [0.25, 0.3) is 11.0 Å². The van der Waals surface area contributed by atoms with Crippen molar-refractivity contribution in [2.24, 2.45) is 0 Å². The van der Waals surface area contributed by atoms with Gasteiger partial charge in [-0.25, -0.2) is 9.59 Å². The molecule has 0 saturated carbocycles. The number of rotatable bonds is 6. The number of nitrogens with one attached hydrogen (secondary N) is 2. The fourth-order valence-corrected chi connectivity index (χ4v) is 1.97. The lowest BCUT2D eigenvalue weighted by atomic mass is 10.2. The first-order valence-corrected chi connectivity index (χ1v) is 6.96. The maximum absolute atomic E-state index is 11.8. The second-order valence-electron chi connectivity index (χ2n) is 4.91. The molecule has 0 aliphatic heterocycles. The smallest absolute Gasteiger partial charge is 0.336 e. The van der Waals surface area contributed by atoms with Gasteiger partial charge in [-0.3, -0.25) is 0 Å². The second-order valence-corrected chi connectivity index (χ2v) is 4.91. The zero-order valence-electron chi connectivity index (χ0n) is 12.3. The molecule has 0 bridgehead atoms. The number of carbonyl (C=O) groups excluding carboxylic acids is 1. The van der Waals surface area contributed by atoms with Gasteiger partial charge >= 0.3 is 11.7 Å². The molecule has 1 heterocycles. The monoisotopic (exact) mass is 305 g/mol. The van der Waals surface area contributed by atoms with Gasteiger partial charge in [0.25, 0.3) is 0 Å². The molecule has 7 heteroatoms. The molecule has 1 aromatic carbocycles. The summed E-state index contributed by atoms with van der Waals surface area (Å²) in [5.74, 6) is 0. The Morgan fingerprint density at radius 3 is 2.86 bits per heavy atom. The fourth-order valence-electron chi connectivity index (χ4n) is 1.97. The minimum absolute atomic E-state index is 0.0932. The third-order valence-electron chi connectivity index (χ3n) is 3.14. The topological polar surface area (TPSA) is 94.8 Å². The number of nitrogens with zero attached hydrogens (tertiary/aromatic N) is 1. The highest BCUT2D eigenvalue weighted by molar-refractivity contribution is 5.92. The molecular formula is C15H19N3O4. The minimum atomic E-state index is -0.405. The third kappa shape index (κ3) is 4.57. The summed E-state index contributed by atoms with van der Waals surface area (Å²) in [5, 5.41) is 15.0. The van der Waals surface area contributed by atoms with E-state index >= 15 is 0 Å². The van der Waals surface area contributed by atoms with E-state index in [4.69, 9.17) is 9.52 Å². The Labute approximate surface area is 127 Å². The quantitative estimate of drug-likeness (QED) is 0.687. The number of benzene rings is 1. The van der Waals surface area contributed by atoms with Crippen LogP contribution in [-0.4, -0.2) is 49.3 Å². The molecule has 1 aromatic heterocycles. The Balaban J connectivity index is 1.89. The number of anilines is 1. The predicted molar refractivity (Wildman–Crippen MR) is 84.1 cm³/mol. The van der Waals surface area contributed by atoms with Gasteiger partial charge in [-0.15, -0.1) is 0 Å². The summed E-state index contributed by atoms with van der Waals surface area (Å²) < 4.78 is 5.03. The lowest BCUT2D eigenvalue weighted by Crippen LogP contribution is -2.36. The normalized spacial score (nSPS) is 10.9. The highest BCUT2D eigenvalue weighted by Crippen LogP contribution is 2.17. The van der Waals surface area contributed by atoms with Gasteiger partial charge < -0.3 is 25.1 Å². The Bertz CT molecular complexity index is 698. The summed E-state index contributed by atoms with van der Waals surface area (Å²) in [7, 11) is 1.87. The first kappa shape index (κ1) is 16.0. The number of hydrogen-bond acceptors (Lipinski definition) is 5. The molecule has 0 atom stereocenters. The van der Waals surface area contributed by atoms with Crippen molar-refractivity contribution in [2.45, 2.75) is 0 Å². The van der Waals surface area contributed by atoms with Crippen LogP contribution in [0, 0.1) is 0 Å². The van der Waals surface area contributed by atoms with E-state index < -0.39 is 5.63 Å². The standard InChI is InChI=1S/C15H19N3O4/c1-18(8-9-19)7-6-16-15(21)17-12-3-4-13-11(10-12)2-5-14(20)22-13/h2-5,10,19H,6-9H2,1H3,(H2,16,17,21). The van der Waals surface area contributed by atoms with Crippen molar-refractivity contribution in [1.82, 2.24) is 10.2 Å². The Morgan fingerprint density at radius 1 is 1.27 bits per heavy atom. The van der Waals surface area contributed by atoms with Crippen molar-refractivity contribution in [3.63, 3.8) is 0 Å². The van der Waals surface area contributed by atoms with Gasteiger partial charge in [-0.05, 0) is 31.3 Å². The summed E-state index contributed by atoms with van der Waals surface area (Å²) in [6, 6.07) is 7.71. The van der Waals surface area contributed by atoms with E-state index in [2.05, 4.69) is 10.6 Å². The van der Waals surface area contributed by atoms with Crippen LogP contribution in [0.3, 0.4) is 0 Å². The van der Waals surface area contributed by atoms with E-state index in [1.54, 1.807) is 24.3 Å². The van der Waals surface area contributed by atoms with E-state index in [-0.39, 0.29) is 12.6 Å². The number of aliphatic hydroxyl groups excluding tert-OH is 1. The zero-order valence-corrected chi connectivity index (χ0v) is 12.3. The first-order chi connectivity index (χ1) is 10.6. The van der Waals surface area contributed by atoms with Crippen molar-refractivity contribution in [3.8, 4) is 0 Å². The van der Waals surface area contributed by atoms with Gasteiger partial charge in [0.1, 0.15) is 5.58 Å². The number of hydrogen-bond donors (Lipinski definition) is 3. The molecule has 0 unspecified atom stereocenters. The highest BCUT2D eigenvalue weighted by atomic mass is 16.4. The number of aliphatic hydroxyl groups is 1. The van der Waals surface area contributed by atoms with Crippen LogP contribution in [-0.2, 0) is 0 Å². The number of carbonyl (C=O) groups is 1. The Kier molecular flexibility index (Phi) is 5.51.